The van der Waals surface area contributed by atoms with E-state index in [1.165, 1.54) is 17.5 Å². The Balaban J connectivity index is 1.41. The number of amides is 2. The summed E-state index contributed by atoms with van der Waals surface area (Å²) in [6, 6.07) is 10.6. The van der Waals surface area contributed by atoms with Crippen LogP contribution in [0.2, 0.25) is 0 Å². The number of nitrogens with zero attached hydrogens (tertiary/aromatic N) is 2. The van der Waals surface area contributed by atoms with E-state index in [2.05, 4.69) is 34.7 Å². The summed E-state index contributed by atoms with van der Waals surface area (Å²) in [5.74, 6) is 1.22. The minimum absolute atomic E-state index is 0.0135. The standard InChI is InChI=1S/C20H25N3O2/c1-14-12-19(25-22-14)18-10-5-11-23(18)20(24)21-13-16-8-4-7-15-6-2-3-9-17(15)16/h2-3,6,9,12,16,18H,4-5,7-8,10-11,13H2,1H3,(H,21,24)/t16-,18+/m1/s1. The summed E-state index contributed by atoms with van der Waals surface area (Å²) in [5, 5.41) is 7.13. The average molecular weight is 339 g/mol. The maximum atomic E-state index is 12.7. The van der Waals surface area contributed by atoms with Crippen molar-refractivity contribution in [1.82, 2.24) is 15.4 Å². The van der Waals surface area contributed by atoms with Gasteiger partial charge in [-0.1, -0.05) is 29.4 Å². The molecule has 0 spiro atoms. The Labute approximate surface area is 148 Å². The number of urea groups is 1. The molecule has 2 amide bonds. The molecule has 2 atom stereocenters. The number of likely N-dealkylation sites (tertiary alicyclic amines) is 1. The number of nitrogens with one attached hydrogen (secondary N) is 1. The van der Waals surface area contributed by atoms with E-state index >= 15 is 0 Å². The van der Waals surface area contributed by atoms with Gasteiger partial charge in [0.15, 0.2) is 5.76 Å². The lowest BCUT2D eigenvalue weighted by Gasteiger charge is -2.28. The molecule has 1 aromatic heterocycles. The topological polar surface area (TPSA) is 58.4 Å². The fraction of sp³-hybridized carbons (Fsp3) is 0.500. The number of fused-ring (bicyclic) bond motifs is 1. The predicted molar refractivity (Wildman–Crippen MR) is 95.4 cm³/mol. The first-order chi connectivity index (χ1) is 12.2. The summed E-state index contributed by atoms with van der Waals surface area (Å²) in [7, 11) is 0. The first kappa shape index (κ1) is 16.2. The number of rotatable bonds is 3. The Kier molecular flexibility index (Phi) is 4.47. The summed E-state index contributed by atoms with van der Waals surface area (Å²) in [6.07, 6.45) is 5.43. The fourth-order valence-corrected chi connectivity index (χ4v) is 4.22. The smallest absolute Gasteiger partial charge is 0.318 e. The van der Waals surface area contributed by atoms with Gasteiger partial charge in [-0.2, -0.15) is 0 Å². The molecule has 25 heavy (non-hydrogen) atoms. The van der Waals surface area contributed by atoms with Crippen LogP contribution in [0, 0.1) is 6.92 Å². The number of aromatic nitrogens is 1. The van der Waals surface area contributed by atoms with Gasteiger partial charge in [-0.15, -0.1) is 0 Å². The second-order valence-corrected chi connectivity index (χ2v) is 7.20. The molecule has 1 aliphatic heterocycles. The summed E-state index contributed by atoms with van der Waals surface area (Å²) in [5.41, 5.74) is 3.70. The highest BCUT2D eigenvalue weighted by Gasteiger charge is 2.33. The molecule has 1 fully saturated rings. The van der Waals surface area contributed by atoms with Crippen molar-refractivity contribution in [3.63, 3.8) is 0 Å². The zero-order valence-electron chi connectivity index (χ0n) is 14.7. The molecule has 0 saturated carbocycles. The highest BCUT2D eigenvalue weighted by Crippen LogP contribution is 2.33. The molecule has 132 valence electrons. The van der Waals surface area contributed by atoms with Crippen molar-refractivity contribution in [2.24, 2.45) is 0 Å². The third-order valence-corrected chi connectivity index (χ3v) is 5.48. The van der Waals surface area contributed by atoms with Crippen molar-refractivity contribution in [1.29, 1.82) is 0 Å². The molecule has 1 saturated heterocycles. The maximum absolute atomic E-state index is 12.7. The second-order valence-electron chi connectivity index (χ2n) is 7.20. The van der Waals surface area contributed by atoms with Crippen LogP contribution in [0.3, 0.4) is 0 Å². The summed E-state index contributed by atoms with van der Waals surface area (Å²) >= 11 is 0. The van der Waals surface area contributed by atoms with Crippen LogP contribution in [-0.2, 0) is 6.42 Å². The normalized spacial score (nSPS) is 22.7. The lowest BCUT2D eigenvalue weighted by atomic mass is 9.83. The van der Waals surface area contributed by atoms with Crippen LogP contribution in [0.5, 0.6) is 0 Å². The number of carbonyl (C=O) groups is 1. The Bertz CT molecular complexity index is 755. The highest BCUT2D eigenvalue weighted by molar-refractivity contribution is 5.75. The van der Waals surface area contributed by atoms with E-state index < -0.39 is 0 Å². The summed E-state index contributed by atoms with van der Waals surface area (Å²) < 4.78 is 5.40. The molecule has 0 unspecified atom stereocenters. The van der Waals surface area contributed by atoms with Crippen molar-refractivity contribution in [3.05, 3.63) is 52.9 Å². The van der Waals surface area contributed by atoms with Crippen LogP contribution in [0.1, 0.15) is 60.2 Å². The van der Waals surface area contributed by atoms with Gasteiger partial charge in [0.25, 0.3) is 0 Å². The Morgan fingerprint density at radius 1 is 1.32 bits per heavy atom. The molecular formula is C20H25N3O2. The summed E-state index contributed by atoms with van der Waals surface area (Å²) in [6.45, 7) is 3.39. The van der Waals surface area contributed by atoms with Gasteiger partial charge >= 0.3 is 6.03 Å². The number of hydrogen-bond acceptors (Lipinski definition) is 3. The predicted octanol–water partition coefficient (Wildman–Crippen LogP) is 3.95. The SMILES string of the molecule is Cc1cc([C@@H]2CCCN2C(=O)NC[C@H]2CCCc3ccccc32)on1. The van der Waals surface area contributed by atoms with Crippen molar-refractivity contribution in [2.75, 3.05) is 13.1 Å². The molecule has 4 rings (SSSR count). The van der Waals surface area contributed by atoms with Crippen LogP contribution in [-0.4, -0.2) is 29.2 Å². The first-order valence-electron chi connectivity index (χ1n) is 9.28. The zero-order valence-corrected chi connectivity index (χ0v) is 14.7. The molecule has 1 N–H and O–H groups in total. The third kappa shape index (κ3) is 3.28. The number of hydrogen-bond donors (Lipinski definition) is 1. The van der Waals surface area contributed by atoms with Gasteiger partial charge in [0, 0.05) is 25.1 Å². The van der Waals surface area contributed by atoms with Crippen LogP contribution in [0.25, 0.3) is 0 Å². The fourth-order valence-electron chi connectivity index (χ4n) is 4.22. The molecule has 1 aromatic carbocycles. The quantitative estimate of drug-likeness (QED) is 0.921. The number of carbonyl (C=O) groups excluding carboxylic acids is 1. The van der Waals surface area contributed by atoms with Gasteiger partial charge in [0.2, 0.25) is 0 Å². The molecule has 0 radical (unpaired) electrons. The van der Waals surface area contributed by atoms with E-state index in [1.807, 2.05) is 17.9 Å². The van der Waals surface area contributed by atoms with E-state index in [0.29, 0.717) is 12.5 Å². The van der Waals surface area contributed by atoms with Gasteiger partial charge in [-0.25, -0.2) is 4.79 Å². The first-order valence-corrected chi connectivity index (χ1v) is 9.28. The molecule has 2 aliphatic rings. The van der Waals surface area contributed by atoms with E-state index in [1.54, 1.807) is 0 Å². The molecule has 1 aliphatic carbocycles. The van der Waals surface area contributed by atoms with E-state index in [0.717, 1.165) is 43.7 Å². The maximum Gasteiger partial charge on any atom is 0.318 e. The lowest BCUT2D eigenvalue weighted by Crippen LogP contribution is -2.41. The van der Waals surface area contributed by atoms with E-state index in [9.17, 15) is 4.79 Å². The van der Waals surface area contributed by atoms with Crippen LogP contribution >= 0.6 is 0 Å². The van der Waals surface area contributed by atoms with Gasteiger partial charge in [-0.3, -0.25) is 0 Å². The van der Waals surface area contributed by atoms with Gasteiger partial charge in [0.05, 0.1) is 11.7 Å². The largest absolute Gasteiger partial charge is 0.359 e. The number of aryl methyl sites for hydroxylation is 2. The van der Waals surface area contributed by atoms with E-state index in [4.69, 9.17) is 4.52 Å². The minimum Gasteiger partial charge on any atom is -0.359 e. The van der Waals surface area contributed by atoms with Crippen molar-refractivity contribution in [2.45, 2.75) is 51.0 Å². The molecule has 2 heterocycles. The van der Waals surface area contributed by atoms with Crippen molar-refractivity contribution in [3.8, 4) is 0 Å². The molecule has 5 heteroatoms. The molecular weight excluding hydrogens is 314 g/mol. The van der Waals surface area contributed by atoms with Gasteiger partial charge in [-0.05, 0) is 50.2 Å². The van der Waals surface area contributed by atoms with Crippen LogP contribution in [0.15, 0.2) is 34.9 Å². The third-order valence-electron chi connectivity index (χ3n) is 5.48. The lowest BCUT2D eigenvalue weighted by molar-refractivity contribution is 0.181. The van der Waals surface area contributed by atoms with Crippen LogP contribution in [0.4, 0.5) is 4.79 Å². The Morgan fingerprint density at radius 3 is 3.04 bits per heavy atom. The average Bonchev–Trinajstić information content (AvgIpc) is 3.28. The molecule has 0 bridgehead atoms. The number of benzene rings is 1. The highest BCUT2D eigenvalue weighted by atomic mass is 16.5. The van der Waals surface area contributed by atoms with E-state index in [-0.39, 0.29) is 12.1 Å². The van der Waals surface area contributed by atoms with Crippen molar-refractivity contribution >= 4 is 6.03 Å². The van der Waals surface area contributed by atoms with Gasteiger partial charge < -0.3 is 14.7 Å². The zero-order chi connectivity index (χ0) is 17.2. The molecule has 5 nitrogen and oxygen atoms in total. The Hall–Kier alpha value is -2.30. The van der Waals surface area contributed by atoms with Crippen molar-refractivity contribution < 1.29 is 9.32 Å². The summed E-state index contributed by atoms with van der Waals surface area (Å²) in [4.78, 5) is 14.6. The molecule has 2 aromatic rings. The second kappa shape index (κ2) is 6.90. The minimum atomic E-state index is 0.0135. The van der Waals surface area contributed by atoms with Crippen LogP contribution < -0.4 is 5.32 Å². The van der Waals surface area contributed by atoms with Gasteiger partial charge in [0.1, 0.15) is 0 Å². The monoisotopic (exact) mass is 339 g/mol. The Morgan fingerprint density at radius 2 is 2.20 bits per heavy atom.